The van der Waals surface area contributed by atoms with E-state index >= 15 is 0 Å². The lowest BCUT2D eigenvalue weighted by molar-refractivity contribution is 0.166. The molecular formula is C15H26N4O2. The molecular weight excluding hydrogens is 268 g/mol. The molecule has 1 aromatic rings. The Morgan fingerprint density at radius 2 is 2.38 bits per heavy atom. The minimum absolute atomic E-state index is 0.0938. The molecule has 2 rings (SSSR count). The number of carbonyl (C=O) groups is 1. The highest BCUT2D eigenvalue weighted by molar-refractivity contribution is 5.67. The molecule has 1 aromatic heterocycles. The van der Waals surface area contributed by atoms with Gasteiger partial charge >= 0.3 is 6.09 Å². The van der Waals surface area contributed by atoms with E-state index in [2.05, 4.69) is 37.7 Å². The van der Waals surface area contributed by atoms with E-state index in [0.717, 1.165) is 31.0 Å². The smallest absolute Gasteiger partial charge is 0.407 e. The van der Waals surface area contributed by atoms with Crippen LogP contribution < -0.4 is 5.32 Å². The largest absolute Gasteiger partial charge is 0.453 e. The zero-order chi connectivity index (χ0) is 15.4. The summed E-state index contributed by atoms with van der Waals surface area (Å²) in [4.78, 5) is 18.4. The number of nitrogens with zero attached hydrogens (tertiary/aromatic N) is 3. The van der Waals surface area contributed by atoms with Crippen molar-refractivity contribution in [3.05, 3.63) is 17.7 Å². The Bertz CT molecular complexity index is 486. The number of methoxy groups -OCH3 is 1. The first-order valence-corrected chi connectivity index (χ1v) is 7.60. The van der Waals surface area contributed by atoms with Crippen LogP contribution in [0.1, 0.15) is 37.3 Å². The van der Waals surface area contributed by atoms with Crippen molar-refractivity contribution in [2.75, 3.05) is 27.2 Å². The van der Waals surface area contributed by atoms with E-state index in [0.29, 0.717) is 5.92 Å². The summed E-state index contributed by atoms with van der Waals surface area (Å²) in [7, 11) is 3.54. The predicted molar refractivity (Wildman–Crippen MR) is 81.1 cm³/mol. The van der Waals surface area contributed by atoms with Crippen molar-refractivity contribution < 1.29 is 9.53 Å². The lowest BCUT2D eigenvalue weighted by Crippen LogP contribution is -2.28. The molecule has 2 heterocycles. The second-order valence-electron chi connectivity index (χ2n) is 5.88. The summed E-state index contributed by atoms with van der Waals surface area (Å²) >= 11 is 0. The number of rotatable bonds is 5. The van der Waals surface area contributed by atoms with Crippen molar-refractivity contribution >= 4 is 6.09 Å². The van der Waals surface area contributed by atoms with Crippen LogP contribution >= 0.6 is 0 Å². The fraction of sp³-hybridized carbons (Fsp3) is 0.733. The summed E-state index contributed by atoms with van der Waals surface area (Å²) in [5.41, 5.74) is 0.909. The van der Waals surface area contributed by atoms with Crippen LogP contribution in [0.3, 0.4) is 0 Å². The van der Waals surface area contributed by atoms with E-state index in [9.17, 15) is 4.79 Å². The molecule has 6 heteroatoms. The van der Waals surface area contributed by atoms with Crippen LogP contribution in [0.4, 0.5) is 4.79 Å². The SMILES string of the molecule is CCC(NC(=O)OC)c1cn(C[C@H]2CCN(C)C2)c(C)n1. The van der Waals surface area contributed by atoms with E-state index in [1.165, 1.54) is 20.1 Å². The average Bonchev–Trinajstić information content (AvgIpc) is 3.03. The van der Waals surface area contributed by atoms with Crippen molar-refractivity contribution in [2.24, 2.45) is 5.92 Å². The predicted octanol–water partition coefficient (Wildman–Crippen LogP) is 1.95. The van der Waals surface area contributed by atoms with Crippen molar-refractivity contribution in [3.63, 3.8) is 0 Å². The van der Waals surface area contributed by atoms with Gasteiger partial charge in [0.1, 0.15) is 5.82 Å². The molecule has 0 spiro atoms. The molecule has 1 aliphatic heterocycles. The first-order valence-electron chi connectivity index (χ1n) is 7.60. The normalized spacial score (nSPS) is 20.5. The summed E-state index contributed by atoms with van der Waals surface area (Å²) < 4.78 is 6.88. The summed E-state index contributed by atoms with van der Waals surface area (Å²) in [6.45, 7) is 7.36. The number of amides is 1. The highest BCUT2D eigenvalue weighted by Gasteiger charge is 2.22. The van der Waals surface area contributed by atoms with Gasteiger partial charge in [0.15, 0.2) is 0 Å². The van der Waals surface area contributed by atoms with Gasteiger partial charge in [0.05, 0.1) is 18.8 Å². The van der Waals surface area contributed by atoms with Gasteiger partial charge in [-0.1, -0.05) is 6.92 Å². The van der Waals surface area contributed by atoms with Crippen LogP contribution in [0.5, 0.6) is 0 Å². The molecule has 0 aliphatic carbocycles. The molecule has 1 N–H and O–H groups in total. The zero-order valence-electron chi connectivity index (χ0n) is 13.4. The fourth-order valence-corrected chi connectivity index (χ4v) is 2.93. The lowest BCUT2D eigenvalue weighted by Gasteiger charge is -2.14. The molecule has 0 bridgehead atoms. The molecule has 1 amide bonds. The van der Waals surface area contributed by atoms with Gasteiger partial charge in [-0.3, -0.25) is 0 Å². The van der Waals surface area contributed by atoms with Gasteiger partial charge in [-0.15, -0.1) is 0 Å². The maximum atomic E-state index is 11.4. The van der Waals surface area contributed by atoms with Gasteiger partial charge < -0.3 is 19.5 Å². The molecule has 21 heavy (non-hydrogen) atoms. The molecule has 6 nitrogen and oxygen atoms in total. The summed E-state index contributed by atoms with van der Waals surface area (Å²) in [6, 6.07) is -0.0938. The monoisotopic (exact) mass is 294 g/mol. The van der Waals surface area contributed by atoms with Crippen LogP contribution in [-0.2, 0) is 11.3 Å². The van der Waals surface area contributed by atoms with Gasteiger partial charge in [-0.05, 0) is 39.3 Å². The molecule has 1 aliphatic rings. The quantitative estimate of drug-likeness (QED) is 0.902. The summed E-state index contributed by atoms with van der Waals surface area (Å²) in [5.74, 6) is 1.69. The molecule has 1 saturated heterocycles. The maximum absolute atomic E-state index is 11.4. The Labute approximate surface area is 126 Å². The highest BCUT2D eigenvalue weighted by Crippen LogP contribution is 2.20. The van der Waals surface area contributed by atoms with Crippen LogP contribution in [0.25, 0.3) is 0 Å². The van der Waals surface area contributed by atoms with Crippen molar-refractivity contribution in [2.45, 2.75) is 39.3 Å². The Balaban J connectivity index is 2.04. The van der Waals surface area contributed by atoms with Gasteiger partial charge in [0.2, 0.25) is 0 Å². The van der Waals surface area contributed by atoms with Crippen LogP contribution in [0.15, 0.2) is 6.20 Å². The first-order chi connectivity index (χ1) is 10.0. The first kappa shape index (κ1) is 15.8. The summed E-state index contributed by atoms with van der Waals surface area (Å²) in [6.07, 6.45) is 3.68. The van der Waals surface area contributed by atoms with E-state index < -0.39 is 6.09 Å². The van der Waals surface area contributed by atoms with Gasteiger partial charge in [-0.25, -0.2) is 9.78 Å². The third-order valence-corrected chi connectivity index (χ3v) is 4.18. The number of alkyl carbamates (subject to hydrolysis) is 1. The topological polar surface area (TPSA) is 59.4 Å². The highest BCUT2D eigenvalue weighted by atomic mass is 16.5. The van der Waals surface area contributed by atoms with Crippen LogP contribution in [0.2, 0.25) is 0 Å². The Morgan fingerprint density at radius 3 is 2.95 bits per heavy atom. The minimum Gasteiger partial charge on any atom is -0.453 e. The Hall–Kier alpha value is -1.56. The average molecular weight is 294 g/mol. The van der Waals surface area contributed by atoms with E-state index in [4.69, 9.17) is 0 Å². The number of carbonyl (C=O) groups excluding carboxylic acids is 1. The third-order valence-electron chi connectivity index (χ3n) is 4.18. The maximum Gasteiger partial charge on any atom is 0.407 e. The number of aryl methyl sites for hydroxylation is 1. The van der Waals surface area contributed by atoms with Gasteiger partial charge in [-0.2, -0.15) is 0 Å². The Kier molecular flexibility index (Phi) is 5.22. The van der Waals surface area contributed by atoms with Gasteiger partial charge in [0.25, 0.3) is 0 Å². The molecule has 0 radical (unpaired) electrons. The lowest BCUT2D eigenvalue weighted by atomic mass is 10.1. The molecule has 1 fully saturated rings. The molecule has 2 atom stereocenters. The second kappa shape index (κ2) is 6.93. The van der Waals surface area contributed by atoms with Crippen LogP contribution in [0, 0.1) is 12.8 Å². The van der Waals surface area contributed by atoms with Gasteiger partial charge in [0, 0.05) is 19.3 Å². The number of hydrogen-bond acceptors (Lipinski definition) is 4. The zero-order valence-corrected chi connectivity index (χ0v) is 13.4. The fourth-order valence-electron chi connectivity index (χ4n) is 2.93. The van der Waals surface area contributed by atoms with Crippen molar-refractivity contribution in [1.82, 2.24) is 19.8 Å². The standard InChI is InChI=1S/C15H26N4O2/c1-5-13(17-15(20)21-4)14-10-19(11(2)16-14)9-12-6-7-18(3)8-12/h10,12-13H,5-9H2,1-4H3,(H,17,20)/t12-,13?/m0/s1. The van der Waals surface area contributed by atoms with E-state index in [1.54, 1.807) is 0 Å². The number of likely N-dealkylation sites (tertiary alicyclic amines) is 1. The number of imidazole rings is 1. The number of nitrogens with one attached hydrogen (secondary N) is 1. The van der Waals surface area contributed by atoms with Crippen molar-refractivity contribution in [1.29, 1.82) is 0 Å². The number of hydrogen-bond donors (Lipinski definition) is 1. The van der Waals surface area contributed by atoms with E-state index in [1.807, 2.05) is 13.8 Å². The van der Waals surface area contributed by atoms with E-state index in [-0.39, 0.29) is 6.04 Å². The number of aromatic nitrogens is 2. The number of ether oxygens (including phenoxy) is 1. The molecule has 1 unspecified atom stereocenters. The Morgan fingerprint density at radius 1 is 1.62 bits per heavy atom. The molecule has 0 saturated carbocycles. The third kappa shape index (κ3) is 3.97. The van der Waals surface area contributed by atoms with Crippen LogP contribution in [-0.4, -0.2) is 47.8 Å². The molecule has 0 aromatic carbocycles. The second-order valence-corrected chi connectivity index (χ2v) is 5.88. The molecule has 118 valence electrons. The van der Waals surface area contributed by atoms with Crippen molar-refractivity contribution in [3.8, 4) is 0 Å². The summed E-state index contributed by atoms with van der Waals surface area (Å²) in [5, 5.41) is 2.83. The minimum atomic E-state index is -0.411.